The summed E-state index contributed by atoms with van der Waals surface area (Å²) in [5.41, 5.74) is 1.63. The normalized spacial score (nSPS) is 16.2. The molecule has 2 aromatic carbocycles. The number of carbonyl (C=O) groups excluding carboxylic acids is 1. The predicted octanol–water partition coefficient (Wildman–Crippen LogP) is 2.06. The van der Waals surface area contributed by atoms with Crippen molar-refractivity contribution < 1.29 is 17.9 Å². The average molecular weight is 446 g/mol. The van der Waals surface area contributed by atoms with E-state index in [0.29, 0.717) is 31.9 Å². The molecule has 1 fully saturated rings. The number of nitrogens with zero attached hydrogens (tertiary/aromatic N) is 2. The number of benzene rings is 2. The third-order valence-corrected chi connectivity index (χ3v) is 6.92. The van der Waals surface area contributed by atoms with Gasteiger partial charge in [0.2, 0.25) is 15.9 Å². The predicted molar refractivity (Wildman–Crippen MR) is 121 cm³/mol. The topological polar surface area (TPSA) is 78.9 Å². The molecule has 31 heavy (non-hydrogen) atoms. The third kappa shape index (κ3) is 6.06. The lowest BCUT2D eigenvalue weighted by molar-refractivity contribution is -0.134. The second-order valence-corrected chi connectivity index (χ2v) is 9.57. The maximum Gasteiger partial charge on any atom is 0.241 e. The van der Waals surface area contributed by atoms with Crippen LogP contribution in [0.25, 0.3) is 0 Å². The fraction of sp³-hybridized carbons (Fsp3) is 0.435. The fourth-order valence-electron chi connectivity index (χ4n) is 3.64. The first-order valence-electron chi connectivity index (χ1n) is 10.6. The summed E-state index contributed by atoms with van der Waals surface area (Å²) in [5.74, 6) is 0.457. The largest absolute Gasteiger partial charge is 0.494 e. The number of rotatable bonds is 8. The number of nitrogens with one attached hydrogen (secondary N) is 1. The van der Waals surface area contributed by atoms with Crippen molar-refractivity contribution in [2.75, 3.05) is 39.8 Å². The number of ether oxygens (including phenoxy) is 1. The van der Waals surface area contributed by atoms with E-state index in [1.807, 2.05) is 44.3 Å². The summed E-state index contributed by atoms with van der Waals surface area (Å²) in [6.45, 7) is 6.91. The first kappa shape index (κ1) is 23.2. The number of piperazine rings is 1. The monoisotopic (exact) mass is 445 g/mol. The van der Waals surface area contributed by atoms with Gasteiger partial charge in [-0.1, -0.05) is 30.3 Å². The third-order valence-electron chi connectivity index (χ3n) is 5.45. The van der Waals surface area contributed by atoms with Crippen LogP contribution in [0.3, 0.4) is 0 Å². The van der Waals surface area contributed by atoms with Gasteiger partial charge < -0.3 is 14.5 Å². The second-order valence-electron chi connectivity index (χ2n) is 7.85. The maximum atomic E-state index is 13.3. The minimum absolute atomic E-state index is 0.123. The Balaban J connectivity index is 1.84. The highest BCUT2D eigenvalue weighted by molar-refractivity contribution is 7.89. The molecule has 0 spiro atoms. The lowest BCUT2D eigenvalue weighted by Gasteiger charge is -2.34. The molecule has 2 aromatic rings. The highest BCUT2D eigenvalue weighted by Crippen LogP contribution is 2.22. The lowest BCUT2D eigenvalue weighted by Crippen LogP contribution is -2.54. The van der Waals surface area contributed by atoms with Gasteiger partial charge in [-0.2, -0.15) is 4.72 Å². The van der Waals surface area contributed by atoms with Crippen molar-refractivity contribution in [2.45, 2.75) is 31.2 Å². The van der Waals surface area contributed by atoms with E-state index in [0.717, 1.165) is 24.2 Å². The second kappa shape index (κ2) is 10.3. The van der Waals surface area contributed by atoms with Gasteiger partial charge in [-0.3, -0.25) is 4.79 Å². The highest BCUT2D eigenvalue weighted by atomic mass is 32.2. The molecule has 0 saturated carbocycles. The molecule has 0 bridgehead atoms. The van der Waals surface area contributed by atoms with E-state index < -0.39 is 16.1 Å². The quantitative estimate of drug-likeness (QED) is 0.673. The van der Waals surface area contributed by atoms with Crippen molar-refractivity contribution in [1.29, 1.82) is 0 Å². The van der Waals surface area contributed by atoms with Crippen LogP contribution in [0.15, 0.2) is 53.4 Å². The molecule has 0 aromatic heterocycles. The smallest absolute Gasteiger partial charge is 0.241 e. The lowest BCUT2D eigenvalue weighted by atomic mass is 10.1. The van der Waals surface area contributed by atoms with Crippen molar-refractivity contribution in [3.8, 4) is 5.75 Å². The average Bonchev–Trinajstić information content (AvgIpc) is 2.75. The van der Waals surface area contributed by atoms with Crippen LogP contribution in [0, 0.1) is 6.92 Å². The molecule has 168 valence electrons. The van der Waals surface area contributed by atoms with Crippen LogP contribution < -0.4 is 9.46 Å². The molecule has 1 aliphatic heterocycles. The zero-order chi connectivity index (χ0) is 22.4. The number of carbonyl (C=O) groups is 1. The molecule has 0 radical (unpaired) electrons. The van der Waals surface area contributed by atoms with Gasteiger partial charge in [0.1, 0.15) is 11.8 Å². The molecule has 3 rings (SSSR count). The number of hydrogen-bond donors (Lipinski definition) is 1. The molecule has 1 amide bonds. The number of aryl methyl sites for hydroxylation is 1. The van der Waals surface area contributed by atoms with Gasteiger partial charge in [-0.05, 0) is 56.6 Å². The van der Waals surface area contributed by atoms with Crippen molar-refractivity contribution in [3.05, 3.63) is 59.7 Å². The molecule has 8 heteroatoms. The summed E-state index contributed by atoms with van der Waals surface area (Å²) in [7, 11) is -1.88. The molecule has 0 aliphatic carbocycles. The van der Waals surface area contributed by atoms with Crippen LogP contribution in [0.5, 0.6) is 5.75 Å². The molecule has 1 aliphatic rings. The van der Waals surface area contributed by atoms with E-state index in [9.17, 15) is 13.2 Å². The highest BCUT2D eigenvalue weighted by Gasteiger charge is 2.31. The van der Waals surface area contributed by atoms with Crippen LogP contribution >= 0.6 is 0 Å². The fourth-order valence-corrected chi connectivity index (χ4v) is 4.91. The van der Waals surface area contributed by atoms with Crippen LogP contribution in [0.1, 0.15) is 18.1 Å². The minimum atomic E-state index is -3.89. The first-order valence-corrected chi connectivity index (χ1v) is 12.1. The van der Waals surface area contributed by atoms with Crippen LogP contribution in [0.4, 0.5) is 0 Å². The minimum Gasteiger partial charge on any atom is -0.494 e. The van der Waals surface area contributed by atoms with E-state index in [4.69, 9.17) is 4.74 Å². The number of sulfonamides is 1. The van der Waals surface area contributed by atoms with Gasteiger partial charge in [0.05, 0.1) is 11.5 Å². The van der Waals surface area contributed by atoms with Crippen LogP contribution in [0.2, 0.25) is 0 Å². The van der Waals surface area contributed by atoms with Gasteiger partial charge in [0, 0.05) is 26.2 Å². The Morgan fingerprint density at radius 1 is 1.10 bits per heavy atom. The van der Waals surface area contributed by atoms with E-state index in [-0.39, 0.29) is 10.8 Å². The molecular formula is C23H31N3O4S. The summed E-state index contributed by atoms with van der Waals surface area (Å²) in [6.07, 6.45) is 0.293. The Bertz CT molecular complexity index is 987. The van der Waals surface area contributed by atoms with E-state index in [1.54, 1.807) is 24.0 Å². The van der Waals surface area contributed by atoms with E-state index in [1.165, 1.54) is 6.07 Å². The number of likely N-dealkylation sites (N-methyl/N-ethyl adjacent to an activating group) is 1. The van der Waals surface area contributed by atoms with Crippen LogP contribution in [-0.2, 0) is 21.2 Å². The van der Waals surface area contributed by atoms with Gasteiger partial charge in [-0.15, -0.1) is 0 Å². The van der Waals surface area contributed by atoms with Crippen molar-refractivity contribution in [1.82, 2.24) is 14.5 Å². The SMILES string of the molecule is CCOc1ccc(S(=O)(=O)N[C@H](Cc2ccccc2)C(=O)N2CCN(C)CC2)cc1C. The molecule has 7 nitrogen and oxygen atoms in total. The Labute approximate surface area is 185 Å². The molecular weight excluding hydrogens is 414 g/mol. The first-order chi connectivity index (χ1) is 14.8. The Kier molecular flexibility index (Phi) is 7.69. The van der Waals surface area contributed by atoms with Gasteiger partial charge in [0.25, 0.3) is 0 Å². The Hall–Kier alpha value is -2.42. The number of amides is 1. The van der Waals surface area contributed by atoms with Crippen molar-refractivity contribution in [2.24, 2.45) is 0 Å². The van der Waals surface area contributed by atoms with E-state index >= 15 is 0 Å². The Morgan fingerprint density at radius 2 is 1.77 bits per heavy atom. The summed E-state index contributed by atoms with van der Waals surface area (Å²) in [4.78, 5) is 17.3. The summed E-state index contributed by atoms with van der Waals surface area (Å²) in [6, 6.07) is 13.3. The zero-order valence-corrected chi connectivity index (χ0v) is 19.2. The molecule has 1 heterocycles. The Morgan fingerprint density at radius 3 is 2.39 bits per heavy atom. The van der Waals surface area contributed by atoms with Gasteiger partial charge >= 0.3 is 0 Å². The van der Waals surface area contributed by atoms with Crippen molar-refractivity contribution >= 4 is 15.9 Å². The molecule has 1 saturated heterocycles. The maximum absolute atomic E-state index is 13.3. The summed E-state index contributed by atoms with van der Waals surface area (Å²) >= 11 is 0. The summed E-state index contributed by atoms with van der Waals surface area (Å²) < 4.78 is 34.5. The number of hydrogen-bond acceptors (Lipinski definition) is 5. The van der Waals surface area contributed by atoms with Gasteiger partial charge in [-0.25, -0.2) is 8.42 Å². The van der Waals surface area contributed by atoms with Gasteiger partial charge in [0.15, 0.2) is 0 Å². The van der Waals surface area contributed by atoms with E-state index in [2.05, 4.69) is 9.62 Å². The van der Waals surface area contributed by atoms with Crippen molar-refractivity contribution in [3.63, 3.8) is 0 Å². The zero-order valence-electron chi connectivity index (χ0n) is 18.4. The molecule has 0 unspecified atom stereocenters. The standard InChI is InChI=1S/C23H31N3O4S/c1-4-30-22-11-10-20(16-18(22)2)31(28,29)24-21(17-19-8-6-5-7-9-19)23(27)26-14-12-25(3)13-15-26/h5-11,16,21,24H,4,12-15,17H2,1-3H3/t21-/m1/s1. The molecule has 1 atom stereocenters. The molecule has 1 N–H and O–H groups in total. The summed E-state index contributed by atoms with van der Waals surface area (Å²) in [5, 5.41) is 0. The van der Waals surface area contributed by atoms with Crippen LogP contribution in [-0.4, -0.2) is 70.0 Å².